The van der Waals surface area contributed by atoms with Crippen LogP contribution in [0.25, 0.3) is 0 Å². The summed E-state index contributed by atoms with van der Waals surface area (Å²) in [7, 11) is 0. The Morgan fingerprint density at radius 1 is 1.60 bits per heavy atom. The molecule has 0 aromatic carbocycles. The molecule has 2 amide bonds. The molecular weight excluding hydrogens is 216 g/mol. The number of aliphatic carboxylic acids is 1. The second-order valence-electron chi connectivity index (χ2n) is 3.55. The van der Waals surface area contributed by atoms with Crippen molar-refractivity contribution < 1.29 is 14.7 Å². The van der Waals surface area contributed by atoms with Gasteiger partial charge in [-0.25, -0.2) is 4.79 Å². The Kier molecular flexibility index (Phi) is 4.74. The molecule has 3 N–H and O–H groups in total. The highest BCUT2D eigenvalue weighted by atomic mass is 32.2. The number of hydrogen-bond acceptors (Lipinski definition) is 3. The monoisotopic (exact) mass is 232 g/mol. The molecule has 1 aliphatic rings. The summed E-state index contributed by atoms with van der Waals surface area (Å²) in [6.45, 7) is 2.05. The number of carbonyl (C=O) groups excluding carboxylic acids is 1. The van der Waals surface area contributed by atoms with Crippen LogP contribution in [-0.4, -0.2) is 40.7 Å². The van der Waals surface area contributed by atoms with Crippen LogP contribution in [0.1, 0.15) is 19.8 Å². The molecule has 2 atom stereocenters. The molecule has 1 rings (SSSR count). The summed E-state index contributed by atoms with van der Waals surface area (Å²) in [6.07, 6.45) is 2.32. The minimum atomic E-state index is -1.03. The van der Waals surface area contributed by atoms with Gasteiger partial charge in [0.15, 0.2) is 0 Å². The Morgan fingerprint density at radius 2 is 2.33 bits per heavy atom. The van der Waals surface area contributed by atoms with Crippen LogP contribution in [0.2, 0.25) is 0 Å². The molecule has 1 unspecified atom stereocenters. The summed E-state index contributed by atoms with van der Waals surface area (Å²) in [4.78, 5) is 21.7. The average Bonchev–Trinajstić information content (AvgIpc) is 2.66. The standard InChI is InChI=1S/C9H16N2O3S/c1-6(8(12)13)11-9(14)10-5-7-3-2-4-15-7/h6-7H,2-5H2,1H3,(H,12,13)(H2,10,11,14)/t6-,7?/m0/s1. The first-order valence-electron chi connectivity index (χ1n) is 4.98. The number of urea groups is 1. The number of carboxylic acid groups (broad SMARTS) is 1. The van der Waals surface area contributed by atoms with Gasteiger partial charge in [-0.1, -0.05) is 0 Å². The number of carboxylic acids is 1. The first kappa shape index (κ1) is 12.2. The lowest BCUT2D eigenvalue weighted by Crippen LogP contribution is -2.45. The molecule has 5 nitrogen and oxygen atoms in total. The molecule has 1 fully saturated rings. The minimum absolute atomic E-state index is 0.405. The van der Waals surface area contributed by atoms with Crippen LogP contribution in [0.15, 0.2) is 0 Å². The molecule has 0 radical (unpaired) electrons. The first-order chi connectivity index (χ1) is 7.09. The van der Waals surface area contributed by atoms with E-state index in [0.29, 0.717) is 11.8 Å². The number of hydrogen-bond donors (Lipinski definition) is 3. The number of amides is 2. The topological polar surface area (TPSA) is 78.4 Å². The van der Waals surface area contributed by atoms with E-state index < -0.39 is 18.0 Å². The maximum absolute atomic E-state index is 11.2. The Labute approximate surface area is 93.0 Å². The summed E-state index contributed by atoms with van der Waals surface area (Å²) in [6, 6.07) is -1.25. The van der Waals surface area contributed by atoms with Gasteiger partial charge in [0.2, 0.25) is 0 Å². The predicted molar refractivity (Wildman–Crippen MR) is 59.1 cm³/mol. The highest BCUT2D eigenvalue weighted by Gasteiger charge is 2.18. The second kappa shape index (κ2) is 5.85. The van der Waals surface area contributed by atoms with Gasteiger partial charge < -0.3 is 15.7 Å². The summed E-state index contributed by atoms with van der Waals surface area (Å²) < 4.78 is 0. The molecule has 15 heavy (non-hydrogen) atoms. The van der Waals surface area contributed by atoms with Crippen molar-refractivity contribution in [3.63, 3.8) is 0 Å². The van der Waals surface area contributed by atoms with E-state index in [9.17, 15) is 9.59 Å². The van der Waals surface area contributed by atoms with Crippen molar-refractivity contribution in [1.29, 1.82) is 0 Å². The third-order valence-electron chi connectivity index (χ3n) is 2.23. The summed E-state index contributed by atoms with van der Waals surface area (Å²) in [5.41, 5.74) is 0. The van der Waals surface area contributed by atoms with Gasteiger partial charge in [-0.05, 0) is 25.5 Å². The van der Waals surface area contributed by atoms with E-state index >= 15 is 0 Å². The molecule has 0 aromatic rings. The lowest BCUT2D eigenvalue weighted by atomic mass is 10.2. The number of nitrogens with one attached hydrogen (secondary N) is 2. The van der Waals surface area contributed by atoms with Gasteiger partial charge in [0.1, 0.15) is 6.04 Å². The molecule has 0 saturated carbocycles. The summed E-state index contributed by atoms with van der Waals surface area (Å²) in [5, 5.41) is 14.1. The lowest BCUT2D eigenvalue weighted by molar-refractivity contribution is -0.138. The Balaban J connectivity index is 2.15. The van der Waals surface area contributed by atoms with E-state index in [2.05, 4.69) is 10.6 Å². The SMILES string of the molecule is C[C@H](NC(=O)NCC1CCCS1)C(=O)O. The van der Waals surface area contributed by atoms with Crippen molar-refractivity contribution in [2.45, 2.75) is 31.1 Å². The zero-order chi connectivity index (χ0) is 11.3. The lowest BCUT2D eigenvalue weighted by Gasteiger charge is -2.13. The van der Waals surface area contributed by atoms with E-state index in [-0.39, 0.29) is 0 Å². The van der Waals surface area contributed by atoms with Gasteiger partial charge in [-0.3, -0.25) is 4.79 Å². The Morgan fingerprint density at radius 3 is 2.87 bits per heavy atom. The van der Waals surface area contributed by atoms with Gasteiger partial charge in [0.25, 0.3) is 0 Å². The van der Waals surface area contributed by atoms with Crippen LogP contribution < -0.4 is 10.6 Å². The Hall–Kier alpha value is -0.910. The third-order valence-corrected chi connectivity index (χ3v) is 3.63. The zero-order valence-corrected chi connectivity index (χ0v) is 9.47. The van der Waals surface area contributed by atoms with Gasteiger partial charge in [-0.2, -0.15) is 11.8 Å². The van der Waals surface area contributed by atoms with Crippen LogP contribution in [0.5, 0.6) is 0 Å². The molecule has 0 spiro atoms. The van der Waals surface area contributed by atoms with Crippen molar-refractivity contribution in [2.24, 2.45) is 0 Å². The molecule has 86 valence electrons. The quantitative estimate of drug-likeness (QED) is 0.665. The molecule has 1 saturated heterocycles. The van der Waals surface area contributed by atoms with Crippen molar-refractivity contribution in [3.8, 4) is 0 Å². The van der Waals surface area contributed by atoms with E-state index in [1.807, 2.05) is 11.8 Å². The fourth-order valence-electron chi connectivity index (χ4n) is 1.32. The van der Waals surface area contributed by atoms with Crippen LogP contribution in [0.4, 0.5) is 4.79 Å². The minimum Gasteiger partial charge on any atom is -0.480 e. The van der Waals surface area contributed by atoms with Gasteiger partial charge in [0, 0.05) is 11.8 Å². The molecule has 0 bridgehead atoms. The fraction of sp³-hybridized carbons (Fsp3) is 0.778. The van der Waals surface area contributed by atoms with Crippen molar-refractivity contribution >= 4 is 23.8 Å². The van der Waals surface area contributed by atoms with Gasteiger partial charge in [0.05, 0.1) is 0 Å². The number of rotatable bonds is 4. The van der Waals surface area contributed by atoms with E-state index in [1.165, 1.54) is 13.3 Å². The average molecular weight is 232 g/mol. The van der Waals surface area contributed by atoms with E-state index in [4.69, 9.17) is 5.11 Å². The van der Waals surface area contributed by atoms with Crippen LogP contribution in [0, 0.1) is 0 Å². The largest absolute Gasteiger partial charge is 0.480 e. The van der Waals surface area contributed by atoms with Crippen LogP contribution in [-0.2, 0) is 4.79 Å². The maximum atomic E-state index is 11.2. The third kappa shape index (κ3) is 4.42. The highest BCUT2D eigenvalue weighted by molar-refractivity contribution is 8.00. The van der Waals surface area contributed by atoms with E-state index in [0.717, 1.165) is 12.2 Å². The van der Waals surface area contributed by atoms with Crippen molar-refractivity contribution in [3.05, 3.63) is 0 Å². The first-order valence-corrected chi connectivity index (χ1v) is 6.03. The van der Waals surface area contributed by atoms with Crippen LogP contribution in [0.3, 0.4) is 0 Å². The summed E-state index contributed by atoms with van der Waals surface area (Å²) in [5.74, 6) is 0.125. The Bertz CT molecular complexity index is 242. The molecule has 1 aliphatic heterocycles. The second-order valence-corrected chi connectivity index (χ2v) is 4.96. The normalized spacial score (nSPS) is 22.1. The van der Waals surface area contributed by atoms with Crippen molar-refractivity contribution in [2.75, 3.05) is 12.3 Å². The van der Waals surface area contributed by atoms with Crippen molar-refractivity contribution in [1.82, 2.24) is 10.6 Å². The number of thioether (sulfide) groups is 1. The zero-order valence-electron chi connectivity index (χ0n) is 8.66. The van der Waals surface area contributed by atoms with E-state index in [1.54, 1.807) is 0 Å². The smallest absolute Gasteiger partial charge is 0.325 e. The molecule has 0 aliphatic carbocycles. The molecule has 1 heterocycles. The maximum Gasteiger partial charge on any atom is 0.325 e. The van der Waals surface area contributed by atoms with Gasteiger partial charge in [-0.15, -0.1) is 0 Å². The van der Waals surface area contributed by atoms with Crippen LogP contribution >= 0.6 is 11.8 Å². The highest BCUT2D eigenvalue weighted by Crippen LogP contribution is 2.25. The molecule has 0 aromatic heterocycles. The van der Waals surface area contributed by atoms with Gasteiger partial charge >= 0.3 is 12.0 Å². The predicted octanol–water partition coefficient (Wildman–Crippen LogP) is 0.654. The summed E-state index contributed by atoms with van der Waals surface area (Å²) >= 11 is 1.85. The fourth-order valence-corrected chi connectivity index (χ4v) is 2.52. The molecule has 6 heteroatoms. The number of carbonyl (C=O) groups is 2. The molecular formula is C9H16N2O3S.